The number of hydrogen-bond donors (Lipinski definition) is 4. The summed E-state index contributed by atoms with van der Waals surface area (Å²) in [6.45, 7) is 0.711. The minimum atomic E-state index is -0.804. The van der Waals surface area contributed by atoms with E-state index in [1.165, 1.54) is 0 Å². The van der Waals surface area contributed by atoms with Crippen molar-refractivity contribution < 1.29 is 19.5 Å². The number of rotatable bonds is 9. The van der Waals surface area contributed by atoms with Crippen LogP contribution in [0, 0.1) is 0 Å². The molecule has 0 aromatic heterocycles. The number of nitrogens with one attached hydrogen (secondary N) is 2. The van der Waals surface area contributed by atoms with Gasteiger partial charge in [0.1, 0.15) is 0 Å². The van der Waals surface area contributed by atoms with E-state index in [9.17, 15) is 14.4 Å². The van der Waals surface area contributed by atoms with Crippen LogP contribution < -0.4 is 16.4 Å². The van der Waals surface area contributed by atoms with Gasteiger partial charge in [-0.2, -0.15) is 0 Å². The predicted octanol–water partition coefficient (Wildman–Crippen LogP) is -0.194. The maximum Gasteiger partial charge on any atom is 0.314 e. The minimum Gasteiger partial charge on any atom is -0.481 e. The van der Waals surface area contributed by atoms with E-state index in [0.717, 1.165) is 12.8 Å². The molecule has 0 unspecified atom stereocenters. The molecule has 0 saturated heterocycles. The van der Waals surface area contributed by atoms with Gasteiger partial charge in [0.25, 0.3) is 0 Å². The summed E-state index contributed by atoms with van der Waals surface area (Å²) in [6, 6.07) is -0.343. The maximum atomic E-state index is 11.1. The number of urea groups is 1. The van der Waals surface area contributed by atoms with E-state index < -0.39 is 11.9 Å². The van der Waals surface area contributed by atoms with Crippen molar-refractivity contribution in [2.45, 2.75) is 32.1 Å². The van der Waals surface area contributed by atoms with Gasteiger partial charge in [-0.05, 0) is 12.8 Å². The van der Waals surface area contributed by atoms with Gasteiger partial charge in [-0.1, -0.05) is 6.42 Å². The fraction of sp³-hybridized carbons (Fsp3) is 0.700. The number of carbonyl (C=O) groups is 3. The van der Waals surface area contributed by atoms with Crippen LogP contribution in [0.3, 0.4) is 0 Å². The molecule has 0 saturated carbocycles. The zero-order chi connectivity index (χ0) is 13.1. The zero-order valence-corrected chi connectivity index (χ0v) is 9.70. The van der Waals surface area contributed by atoms with Crippen molar-refractivity contribution in [3.8, 4) is 0 Å². The van der Waals surface area contributed by atoms with Gasteiger partial charge < -0.3 is 21.5 Å². The summed E-state index contributed by atoms with van der Waals surface area (Å²) >= 11 is 0. The van der Waals surface area contributed by atoms with Crippen LogP contribution >= 0.6 is 0 Å². The molecule has 17 heavy (non-hydrogen) atoms. The van der Waals surface area contributed by atoms with Crippen LogP contribution in [0.25, 0.3) is 0 Å². The smallest absolute Gasteiger partial charge is 0.314 e. The Balaban J connectivity index is 3.27. The SMILES string of the molecule is NC(=O)CCNC(=O)NCCCCCC(=O)O. The van der Waals surface area contributed by atoms with Crippen molar-refractivity contribution in [2.75, 3.05) is 13.1 Å². The normalized spacial score (nSPS) is 9.65. The summed E-state index contributed by atoms with van der Waals surface area (Å²) in [7, 11) is 0. The van der Waals surface area contributed by atoms with Gasteiger partial charge in [0.05, 0.1) is 0 Å². The van der Waals surface area contributed by atoms with Crippen LogP contribution in [0.2, 0.25) is 0 Å². The van der Waals surface area contributed by atoms with Crippen LogP contribution in [0.15, 0.2) is 0 Å². The van der Waals surface area contributed by atoms with Gasteiger partial charge in [0.2, 0.25) is 5.91 Å². The Labute approximate surface area is 99.7 Å². The van der Waals surface area contributed by atoms with Crippen LogP contribution in [-0.4, -0.2) is 36.1 Å². The number of unbranched alkanes of at least 4 members (excludes halogenated alkanes) is 2. The number of amides is 3. The highest BCUT2D eigenvalue weighted by molar-refractivity contribution is 5.76. The first kappa shape index (κ1) is 15.2. The van der Waals surface area contributed by atoms with Crippen LogP contribution in [0.4, 0.5) is 4.79 Å². The Morgan fingerprint density at radius 2 is 1.59 bits per heavy atom. The Morgan fingerprint density at radius 1 is 0.941 bits per heavy atom. The van der Waals surface area contributed by atoms with Crippen LogP contribution in [0.1, 0.15) is 32.1 Å². The van der Waals surface area contributed by atoms with Gasteiger partial charge in [-0.25, -0.2) is 4.79 Å². The summed E-state index contributed by atoms with van der Waals surface area (Å²) < 4.78 is 0. The van der Waals surface area contributed by atoms with E-state index in [1.54, 1.807) is 0 Å². The number of primary amides is 1. The molecule has 0 heterocycles. The summed E-state index contributed by atoms with van der Waals surface area (Å²) in [4.78, 5) is 31.7. The first-order valence-electron chi connectivity index (χ1n) is 5.54. The third-order valence-corrected chi connectivity index (χ3v) is 2.01. The molecule has 0 spiro atoms. The summed E-state index contributed by atoms with van der Waals surface area (Å²) in [5, 5.41) is 13.5. The van der Waals surface area contributed by atoms with Crippen molar-refractivity contribution in [3.63, 3.8) is 0 Å². The molecule has 0 aromatic rings. The second kappa shape index (κ2) is 9.44. The highest BCUT2D eigenvalue weighted by Crippen LogP contribution is 1.98. The Hall–Kier alpha value is -1.79. The summed E-state index contributed by atoms with van der Waals surface area (Å²) in [6.07, 6.45) is 2.38. The molecule has 7 nitrogen and oxygen atoms in total. The zero-order valence-electron chi connectivity index (χ0n) is 9.70. The largest absolute Gasteiger partial charge is 0.481 e. The van der Waals surface area contributed by atoms with Crippen molar-refractivity contribution >= 4 is 17.9 Å². The topological polar surface area (TPSA) is 122 Å². The molecule has 7 heteroatoms. The third-order valence-electron chi connectivity index (χ3n) is 2.01. The number of carbonyl (C=O) groups excluding carboxylic acids is 2. The number of carboxylic acids is 1. The number of aliphatic carboxylic acids is 1. The fourth-order valence-corrected chi connectivity index (χ4v) is 1.14. The van der Waals surface area contributed by atoms with E-state index in [2.05, 4.69) is 10.6 Å². The first-order chi connectivity index (χ1) is 8.02. The molecule has 0 fully saturated rings. The summed E-state index contributed by atoms with van der Waals surface area (Å²) in [5.74, 6) is -1.26. The van der Waals surface area contributed by atoms with Crippen LogP contribution in [0.5, 0.6) is 0 Å². The third kappa shape index (κ3) is 12.1. The van der Waals surface area contributed by atoms with Crippen molar-refractivity contribution in [2.24, 2.45) is 5.73 Å². The van der Waals surface area contributed by atoms with Crippen LogP contribution in [-0.2, 0) is 9.59 Å². The second-order valence-electron chi connectivity index (χ2n) is 3.60. The molecular weight excluding hydrogens is 226 g/mol. The molecule has 0 rings (SSSR count). The Kier molecular flexibility index (Phi) is 8.44. The molecule has 98 valence electrons. The van der Waals surface area contributed by atoms with Gasteiger partial charge >= 0.3 is 12.0 Å². The molecule has 0 bridgehead atoms. The second-order valence-corrected chi connectivity index (χ2v) is 3.60. The number of carboxylic acid groups (broad SMARTS) is 1. The lowest BCUT2D eigenvalue weighted by atomic mass is 10.2. The predicted molar refractivity (Wildman–Crippen MR) is 61.3 cm³/mol. The van der Waals surface area contributed by atoms with Gasteiger partial charge in [0.15, 0.2) is 0 Å². The number of nitrogens with two attached hydrogens (primary N) is 1. The standard InChI is InChI=1S/C10H19N3O4/c11-8(14)5-7-13-10(17)12-6-3-1-2-4-9(15)16/h1-7H2,(H2,11,14)(H,15,16)(H2,12,13,17). The van der Waals surface area contributed by atoms with Gasteiger partial charge in [0, 0.05) is 25.9 Å². The maximum absolute atomic E-state index is 11.1. The van der Waals surface area contributed by atoms with E-state index in [-0.39, 0.29) is 25.4 Å². The number of hydrogen-bond acceptors (Lipinski definition) is 3. The molecule has 3 amide bonds. The minimum absolute atomic E-state index is 0.117. The van der Waals surface area contributed by atoms with E-state index >= 15 is 0 Å². The Bertz CT molecular complexity index is 268. The highest BCUT2D eigenvalue weighted by Gasteiger charge is 2.00. The molecule has 0 aliphatic carbocycles. The molecule has 0 aliphatic rings. The quantitative estimate of drug-likeness (QED) is 0.420. The molecule has 0 aromatic carbocycles. The Morgan fingerprint density at radius 3 is 2.18 bits per heavy atom. The van der Waals surface area contributed by atoms with Crippen molar-refractivity contribution in [1.29, 1.82) is 0 Å². The molecular formula is C10H19N3O4. The van der Waals surface area contributed by atoms with E-state index in [1.807, 2.05) is 0 Å². The lowest BCUT2D eigenvalue weighted by molar-refractivity contribution is -0.137. The van der Waals surface area contributed by atoms with Gasteiger partial charge in [-0.15, -0.1) is 0 Å². The lowest BCUT2D eigenvalue weighted by Gasteiger charge is -2.06. The molecule has 0 radical (unpaired) electrons. The van der Waals surface area contributed by atoms with E-state index in [4.69, 9.17) is 10.8 Å². The monoisotopic (exact) mass is 245 g/mol. The summed E-state index contributed by atoms with van der Waals surface area (Å²) in [5.41, 5.74) is 4.90. The highest BCUT2D eigenvalue weighted by atomic mass is 16.4. The molecule has 0 atom stereocenters. The van der Waals surface area contributed by atoms with Crippen molar-refractivity contribution in [1.82, 2.24) is 10.6 Å². The average Bonchev–Trinajstić information content (AvgIpc) is 2.22. The molecule has 0 aliphatic heterocycles. The van der Waals surface area contributed by atoms with Gasteiger partial charge in [-0.3, -0.25) is 9.59 Å². The lowest BCUT2D eigenvalue weighted by Crippen LogP contribution is -2.37. The fourth-order valence-electron chi connectivity index (χ4n) is 1.14. The first-order valence-corrected chi connectivity index (χ1v) is 5.54. The van der Waals surface area contributed by atoms with E-state index in [0.29, 0.717) is 13.0 Å². The molecule has 5 N–H and O–H groups in total. The van der Waals surface area contributed by atoms with Crippen molar-refractivity contribution in [3.05, 3.63) is 0 Å². The average molecular weight is 245 g/mol.